The highest BCUT2D eigenvalue weighted by Gasteiger charge is 2.23. The molecular weight excluding hydrogens is 375 g/mol. The van der Waals surface area contributed by atoms with Crippen LogP contribution in [-0.4, -0.2) is 28.7 Å². The van der Waals surface area contributed by atoms with Crippen molar-refractivity contribution in [2.24, 2.45) is 0 Å². The van der Waals surface area contributed by atoms with Gasteiger partial charge in [-0.05, 0) is 30.7 Å². The molecule has 3 rings (SSSR count). The van der Waals surface area contributed by atoms with Gasteiger partial charge in [-0.25, -0.2) is 13.2 Å². The summed E-state index contributed by atoms with van der Waals surface area (Å²) in [6.45, 7) is 1.55. The normalized spacial score (nSPS) is 11.2. The summed E-state index contributed by atoms with van der Waals surface area (Å²) in [7, 11) is 1.28. The van der Waals surface area contributed by atoms with Crippen LogP contribution in [0.4, 0.5) is 13.2 Å². The van der Waals surface area contributed by atoms with E-state index in [0.717, 1.165) is 18.2 Å². The van der Waals surface area contributed by atoms with E-state index in [4.69, 9.17) is 4.74 Å². The summed E-state index contributed by atoms with van der Waals surface area (Å²) < 4.78 is 45.9. The number of ether oxygens (including phenoxy) is 1. The molecular formula is C20H16F3NO4. The second-order valence-electron chi connectivity index (χ2n) is 6.20. The molecule has 1 N–H and O–H groups in total. The Kier molecular flexibility index (Phi) is 5.13. The van der Waals surface area contributed by atoms with Gasteiger partial charge < -0.3 is 9.84 Å². The molecule has 0 fully saturated rings. The fraction of sp³-hybridized carbons (Fsp3) is 0.200. The lowest BCUT2D eigenvalue weighted by Crippen LogP contribution is -2.14. The topological polar surface area (TPSA) is 68.5 Å². The number of carboxylic acids is 1. The van der Waals surface area contributed by atoms with E-state index in [1.54, 1.807) is 6.92 Å². The summed E-state index contributed by atoms with van der Waals surface area (Å²) in [4.78, 5) is 24.3. The summed E-state index contributed by atoms with van der Waals surface area (Å²) >= 11 is 0. The van der Waals surface area contributed by atoms with E-state index in [1.165, 1.54) is 29.9 Å². The van der Waals surface area contributed by atoms with E-state index in [1.807, 2.05) is 0 Å². The van der Waals surface area contributed by atoms with Crippen LogP contribution in [0.15, 0.2) is 36.4 Å². The fourth-order valence-electron chi connectivity index (χ4n) is 3.17. The Labute approximate surface area is 158 Å². The van der Waals surface area contributed by atoms with Crippen LogP contribution in [0.3, 0.4) is 0 Å². The molecule has 0 saturated carbocycles. The van der Waals surface area contributed by atoms with E-state index in [-0.39, 0.29) is 28.8 Å². The first-order valence-corrected chi connectivity index (χ1v) is 8.26. The number of hydrogen-bond donors (Lipinski definition) is 1. The van der Waals surface area contributed by atoms with Crippen LogP contribution in [0.25, 0.3) is 10.9 Å². The molecule has 0 aliphatic carbocycles. The number of hydrogen-bond acceptors (Lipinski definition) is 3. The monoisotopic (exact) mass is 391 g/mol. The van der Waals surface area contributed by atoms with Gasteiger partial charge in [0, 0.05) is 28.3 Å². The van der Waals surface area contributed by atoms with E-state index in [0.29, 0.717) is 16.6 Å². The Morgan fingerprint density at radius 1 is 1.18 bits per heavy atom. The van der Waals surface area contributed by atoms with Crippen molar-refractivity contribution >= 4 is 22.8 Å². The third-order valence-electron chi connectivity index (χ3n) is 4.55. The molecule has 146 valence electrons. The standard InChI is InChI=1S/C20H16F3NO4/c1-10-13(8-18(25)26)14-7-17(28-2)15(21)9-16(14)24(10)20(27)12-5-3-11(4-6-12)19(22)23/h3-7,9,19H,8H2,1-2H3,(H,25,26). The Morgan fingerprint density at radius 2 is 1.82 bits per heavy atom. The van der Waals surface area contributed by atoms with Crippen molar-refractivity contribution in [3.63, 3.8) is 0 Å². The SMILES string of the molecule is COc1cc2c(CC(=O)O)c(C)n(C(=O)c3ccc(C(F)F)cc3)c2cc1F. The lowest BCUT2D eigenvalue weighted by Gasteiger charge is -2.09. The predicted molar refractivity (Wildman–Crippen MR) is 95.7 cm³/mol. The number of aromatic nitrogens is 1. The summed E-state index contributed by atoms with van der Waals surface area (Å²) in [5, 5.41) is 9.58. The first-order chi connectivity index (χ1) is 13.2. The zero-order chi connectivity index (χ0) is 20.6. The lowest BCUT2D eigenvalue weighted by atomic mass is 10.1. The molecule has 8 heteroatoms. The summed E-state index contributed by atoms with van der Waals surface area (Å²) in [6.07, 6.45) is -3.04. The first kappa shape index (κ1) is 19.5. The number of nitrogens with zero attached hydrogens (tertiary/aromatic N) is 1. The van der Waals surface area contributed by atoms with Gasteiger partial charge in [0.15, 0.2) is 11.6 Å². The first-order valence-electron chi connectivity index (χ1n) is 8.26. The number of methoxy groups -OCH3 is 1. The molecule has 0 aliphatic heterocycles. The molecule has 0 unspecified atom stereocenters. The minimum atomic E-state index is -2.66. The number of alkyl halides is 2. The zero-order valence-corrected chi connectivity index (χ0v) is 15.0. The Hall–Kier alpha value is -3.29. The molecule has 0 bridgehead atoms. The molecule has 1 heterocycles. The molecule has 0 spiro atoms. The maximum absolute atomic E-state index is 14.3. The minimum Gasteiger partial charge on any atom is -0.494 e. The van der Waals surface area contributed by atoms with Gasteiger partial charge in [-0.3, -0.25) is 14.2 Å². The highest BCUT2D eigenvalue weighted by molar-refractivity contribution is 6.05. The Balaban J connectivity index is 2.21. The van der Waals surface area contributed by atoms with Crippen molar-refractivity contribution in [1.82, 2.24) is 4.57 Å². The number of benzene rings is 2. The molecule has 0 saturated heterocycles. The molecule has 3 aromatic rings. The average molecular weight is 391 g/mol. The molecule has 1 aromatic heterocycles. The quantitative estimate of drug-likeness (QED) is 0.702. The molecule has 0 amide bonds. The van der Waals surface area contributed by atoms with Crippen molar-refractivity contribution < 1.29 is 32.6 Å². The maximum atomic E-state index is 14.3. The number of carboxylic acid groups (broad SMARTS) is 1. The maximum Gasteiger partial charge on any atom is 0.307 e. The van der Waals surface area contributed by atoms with Crippen molar-refractivity contribution in [2.45, 2.75) is 19.8 Å². The van der Waals surface area contributed by atoms with Crippen LogP contribution in [-0.2, 0) is 11.2 Å². The van der Waals surface area contributed by atoms with Gasteiger partial charge in [0.2, 0.25) is 0 Å². The Bertz CT molecular complexity index is 1070. The summed E-state index contributed by atoms with van der Waals surface area (Å²) in [5.41, 5.74) is 0.733. The van der Waals surface area contributed by atoms with Crippen LogP contribution in [0.1, 0.15) is 33.6 Å². The number of rotatable bonds is 5. The number of carbonyl (C=O) groups excluding carboxylic acids is 1. The van der Waals surface area contributed by atoms with Crippen LogP contribution in [0.2, 0.25) is 0 Å². The van der Waals surface area contributed by atoms with Gasteiger partial charge in [-0.1, -0.05) is 12.1 Å². The zero-order valence-electron chi connectivity index (χ0n) is 15.0. The van der Waals surface area contributed by atoms with Gasteiger partial charge in [-0.15, -0.1) is 0 Å². The highest BCUT2D eigenvalue weighted by atomic mass is 19.3. The van der Waals surface area contributed by atoms with Crippen LogP contribution >= 0.6 is 0 Å². The summed E-state index contributed by atoms with van der Waals surface area (Å²) in [5.74, 6) is -2.48. The van der Waals surface area contributed by atoms with Gasteiger partial charge in [-0.2, -0.15) is 0 Å². The molecule has 2 aromatic carbocycles. The van der Waals surface area contributed by atoms with E-state index < -0.39 is 24.1 Å². The number of aliphatic carboxylic acids is 1. The third-order valence-corrected chi connectivity index (χ3v) is 4.55. The second kappa shape index (κ2) is 7.38. The van der Waals surface area contributed by atoms with Gasteiger partial charge in [0.05, 0.1) is 19.0 Å². The lowest BCUT2D eigenvalue weighted by molar-refractivity contribution is -0.136. The highest BCUT2D eigenvalue weighted by Crippen LogP contribution is 2.32. The van der Waals surface area contributed by atoms with Crippen molar-refractivity contribution in [3.05, 3.63) is 64.6 Å². The van der Waals surface area contributed by atoms with Crippen LogP contribution in [0.5, 0.6) is 5.75 Å². The van der Waals surface area contributed by atoms with Crippen LogP contribution < -0.4 is 4.74 Å². The predicted octanol–water partition coefficient (Wildman–Crippen LogP) is 4.35. The van der Waals surface area contributed by atoms with Crippen molar-refractivity contribution in [1.29, 1.82) is 0 Å². The minimum absolute atomic E-state index is 0.0787. The van der Waals surface area contributed by atoms with E-state index >= 15 is 0 Å². The second-order valence-corrected chi connectivity index (χ2v) is 6.20. The smallest absolute Gasteiger partial charge is 0.307 e. The fourth-order valence-corrected chi connectivity index (χ4v) is 3.17. The number of halogens is 3. The average Bonchev–Trinajstić information content (AvgIpc) is 2.91. The van der Waals surface area contributed by atoms with Crippen molar-refractivity contribution in [2.75, 3.05) is 7.11 Å². The largest absolute Gasteiger partial charge is 0.494 e. The number of fused-ring (bicyclic) bond motifs is 1. The van der Waals surface area contributed by atoms with Crippen molar-refractivity contribution in [3.8, 4) is 5.75 Å². The summed E-state index contributed by atoms with van der Waals surface area (Å²) in [6, 6.07) is 7.23. The molecule has 0 atom stereocenters. The van der Waals surface area contributed by atoms with Gasteiger partial charge in [0.1, 0.15) is 0 Å². The Morgan fingerprint density at radius 3 is 2.36 bits per heavy atom. The van der Waals surface area contributed by atoms with E-state index in [2.05, 4.69) is 0 Å². The van der Waals surface area contributed by atoms with Gasteiger partial charge in [0.25, 0.3) is 12.3 Å². The number of carbonyl (C=O) groups is 2. The molecule has 0 radical (unpaired) electrons. The molecule has 28 heavy (non-hydrogen) atoms. The van der Waals surface area contributed by atoms with Crippen LogP contribution in [0, 0.1) is 12.7 Å². The van der Waals surface area contributed by atoms with Gasteiger partial charge >= 0.3 is 5.97 Å². The van der Waals surface area contributed by atoms with E-state index in [9.17, 15) is 27.9 Å². The molecule has 0 aliphatic rings. The molecule has 5 nitrogen and oxygen atoms in total. The third kappa shape index (κ3) is 3.33.